The molecule has 1 aromatic carbocycles. The molecule has 0 radical (unpaired) electrons. The molecule has 2 heterocycles. The van der Waals surface area contributed by atoms with Crippen molar-refractivity contribution in [2.75, 3.05) is 0 Å². The third-order valence-electron chi connectivity index (χ3n) is 5.70. The minimum atomic E-state index is -0.642. The number of aromatic nitrogens is 1. The number of aliphatic hydroxyl groups excluding tert-OH is 1. The molecule has 1 N–H and O–H groups in total. The fourth-order valence-electron chi connectivity index (χ4n) is 4.43. The van der Waals surface area contributed by atoms with Crippen molar-refractivity contribution in [3.63, 3.8) is 0 Å². The molecule has 156 valence electrons. The average Bonchev–Trinajstić information content (AvgIpc) is 3.35. The molecular weight excluding hydrogens is 380 g/mol. The number of carbonyl (C=O) groups excluding carboxylic acids is 2. The summed E-state index contributed by atoms with van der Waals surface area (Å²) in [6, 6.07) is 10.1. The van der Waals surface area contributed by atoms with Crippen molar-refractivity contribution in [3.8, 4) is 5.75 Å². The van der Waals surface area contributed by atoms with Crippen LogP contribution >= 0.6 is 0 Å². The summed E-state index contributed by atoms with van der Waals surface area (Å²) in [5.74, 6) is -0.686. The maximum atomic E-state index is 13.1. The van der Waals surface area contributed by atoms with Gasteiger partial charge in [-0.3, -0.25) is 14.6 Å². The molecule has 2 aliphatic rings. The predicted molar refractivity (Wildman–Crippen MR) is 113 cm³/mol. The van der Waals surface area contributed by atoms with E-state index in [4.69, 9.17) is 4.74 Å². The van der Waals surface area contributed by atoms with Crippen LogP contribution in [-0.2, 0) is 9.59 Å². The second-order valence-corrected chi connectivity index (χ2v) is 8.12. The number of carbonyl (C=O) groups is 2. The first-order chi connectivity index (χ1) is 14.5. The van der Waals surface area contributed by atoms with Crippen molar-refractivity contribution in [1.82, 2.24) is 9.88 Å². The fourth-order valence-corrected chi connectivity index (χ4v) is 4.43. The summed E-state index contributed by atoms with van der Waals surface area (Å²) in [5, 5.41) is 11.0. The number of ether oxygens (including phenoxy) is 1. The van der Waals surface area contributed by atoms with Crippen LogP contribution in [-0.4, -0.2) is 38.8 Å². The van der Waals surface area contributed by atoms with E-state index < -0.39 is 17.7 Å². The van der Waals surface area contributed by atoms with E-state index in [0.717, 1.165) is 31.2 Å². The molecule has 0 bridgehead atoms. The second kappa shape index (κ2) is 8.30. The smallest absolute Gasteiger partial charge is 0.295 e. The first kappa shape index (κ1) is 20.1. The summed E-state index contributed by atoms with van der Waals surface area (Å²) in [5.41, 5.74) is 1.35. The number of Topliss-reactive ketones (excluding diaryl/α,β-unsaturated/α-hetero) is 1. The van der Waals surface area contributed by atoms with Gasteiger partial charge in [-0.05, 0) is 56.5 Å². The van der Waals surface area contributed by atoms with Crippen molar-refractivity contribution in [3.05, 3.63) is 65.5 Å². The quantitative estimate of drug-likeness (QED) is 0.457. The number of pyridine rings is 1. The molecule has 1 atom stereocenters. The maximum Gasteiger partial charge on any atom is 0.295 e. The Morgan fingerprint density at radius 1 is 1.13 bits per heavy atom. The number of rotatable bonds is 5. The zero-order valence-corrected chi connectivity index (χ0v) is 17.2. The highest BCUT2D eigenvalue weighted by atomic mass is 16.5. The molecule has 1 saturated heterocycles. The second-order valence-electron chi connectivity index (χ2n) is 8.12. The van der Waals surface area contributed by atoms with Gasteiger partial charge in [0.25, 0.3) is 11.7 Å². The summed E-state index contributed by atoms with van der Waals surface area (Å²) in [6.07, 6.45) is 6.88. The minimum absolute atomic E-state index is 0.00161. The Bertz CT molecular complexity index is 978. The molecule has 1 saturated carbocycles. The normalized spacial score (nSPS) is 21.6. The van der Waals surface area contributed by atoms with Crippen molar-refractivity contribution in [2.45, 2.75) is 57.7 Å². The molecular formula is C24H26N2O4. The number of hydrogen-bond acceptors (Lipinski definition) is 5. The van der Waals surface area contributed by atoms with Gasteiger partial charge >= 0.3 is 0 Å². The van der Waals surface area contributed by atoms with Gasteiger partial charge in [-0.2, -0.15) is 0 Å². The molecule has 1 amide bonds. The van der Waals surface area contributed by atoms with Crippen LogP contribution in [0, 0.1) is 0 Å². The lowest BCUT2D eigenvalue weighted by atomic mass is 9.94. The van der Waals surface area contributed by atoms with Gasteiger partial charge < -0.3 is 14.7 Å². The third-order valence-corrected chi connectivity index (χ3v) is 5.70. The summed E-state index contributed by atoms with van der Waals surface area (Å²) in [7, 11) is 0. The Balaban J connectivity index is 1.86. The van der Waals surface area contributed by atoms with E-state index in [2.05, 4.69) is 4.98 Å². The van der Waals surface area contributed by atoms with Crippen LogP contribution in [0.4, 0.5) is 0 Å². The van der Waals surface area contributed by atoms with Crippen molar-refractivity contribution < 1.29 is 19.4 Å². The van der Waals surface area contributed by atoms with Gasteiger partial charge in [0.05, 0.1) is 17.7 Å². The standard InChI is InChI=1S/C24H26N2O4/c1-15(2)30-19-9-5-6-17(14-19)21-20(22(27)16-10-12-25-13-11-16)23(28)24(29)26(21)18-7-3-4-8-18/h5-6,9-15,18,21,27H,3-4,7-8H2,1-2H3/b22-20-. The van der Waals surface area contributed by atoms with Crippen LogP contribution in [0.2, 0.25) is 0 Å². The lowest BCUT2D eigenvalue weighted by Crippen LogP contribution is -2.37. The topological polar surface area (TPSA) is 79.7 Å². The Kier molecular flexibility index (Phi) is 5.57. The monoisotopic (exact) mass is 406 g/mol. The van der Waals surface area contributed by atoms with Crippen LogP contribution in [0.15, 0.2) is 54.4 Å². The number of nitrogens with zero attached hydrogens (tertiary/aromatic N) is 2. The van der Waals surface area contributed by atoms with Gasteiger partial charge in [0.15, 0.2) is 0 Å². The molecule has 30 heavy (non-hydrogen) atoms. The Hall–Kier alpha value is -3.15. The molecule has 2 aromatic rings. The van der Waals surface area contributed by atoms with Crippen LogP contribution in [0.25, 0.3) is 5.76 Å². The predicted octanol–water partition coefficient (Wildman–Crippen LogP) is 4.23. The summed E-state index contributed by atoms with van der Waals surface area (Å²) >= 11 is 0. The SMILES string of the molecule is CC(C)Oc1cccc(C2/C(=C(/O)c3ccncc3)C(=O)C(=O)N2C2CCCC2)c1. The van der Waals surface area contributed by atoms with Gasteiger partial charge in [-0.15, -0.1) is 0 Å². The zero-order chi connectivity index (χ0) is 21.3. The Labute approximate surface area is 176 Å². The zero-order valence-electron chi connectivity index (χ0n) is 17.2. The summed E-state index contributed by atoms with van der Waals surface area (Å²) < 4.78 is 5.83. The number of aliphatic hydroxyl groups is 1. The molecule has 2 fully saturated rings. The highest BCUT2D eigenvalue weighted by molar-refractivity contribution is 6.46. The van der Waals surface area contributed by atoms with E-state index in [9.17, 15) is 14.7 Å². The number of likely N-dealkylation sites (tertiary alicyclic amines) is 1. The largest absolute Gasteiger partial charge is 0.507 e. The molecule has 4 rings (SSSR count). The van der Waals surface area contributed by atoms with E-state index in [0.29, 0.717) is 11.3 Å². The maximum absolute atomic E-state index is 13.1. The van der Waals surface area contributed by atoms with E-state index in [1.165, 1.54) is 0 Å². The van der Waals surface area contributed by atoms with Gasteiger partial charge in [0, 0.05) is 24.0 Å². The number of benzene rings is 1. The first-order valence-corrected chi connectivity index (χ1v) is 10.4. The number of ketones is 1. The highest BCUT2D eigenvalue weighted by Crippen LogP contribution is 2.44. The molecule has 6 nitrogen and oxygen atoms in total. The first-order valence-electron chi connectivity index (χ1n) is 10.4. The summed E-state index contributed by atoms with van der Waals surface area (Å²) in [4.78, 5) is 31.8. The van der Waals surface area contributed by atoms with Gasteiger partial charge in [-0.25, -0.2) is 0 Å². The Morgan fingerprint density at radius 2 is 1.83 bits per heavy atom. The van der Waals surface area contributed by atoms with Crippen molar-refractivity contribution in [2.24, 2.45) is 0 Å². The highest BCUT2D eigenvalue weighted by Gasteiger charge is 2.49. The Morgan fingerprint density at radius 3 is 2.50 bits per heavy atom. The van der Waals surface area contributed by atoms with Crippen LogP contribution < -0.4 is 4.74 Å². The number of amides is 1. The number of hydrogen-bond donors (Lipinski definition) is 1. The molecule has 1 aromatic heterocycles. The molecule has 1 unspecified atom stereocenters. The molecule has 1 aliphatic carbocycles. The van der Waals surface area contributed by atoms with E-state index in [-0.39, 0.29) is 23.5 Å². The van der Waals surface area contributed by atoms with Crippen LogP contribution in [0.5, 0.6) is 5.75 Å². The lowest BCUT2D eigenvalue weighted by Gasteiger charge is -2.31. The molecule has 6 heteroatoms. The van der Waals surface area contributed by atoms with Gasteiger partial charge in [0.1, 0.15) is 11.5 Å². The van der Waals surface area contributed by atoms with E-state index >= 15 is 0 Å². The lowest BCUT2D eigenvalue weighted by molar-refractivity contribution is -0.141. The van der Waals surface area contributed by atoms with Gasteiger partial charge in [0.2, 0.25) is 0 Å². The van der Waals surface area contributed by atoms with Crippen molar-refractivity contribution >= 4 is 17.4 Å². The minimum Gasteiger partial charge on any atom is -0.507 e. The average molecular weight is 406 g/mol. The van der Waals surface area contributed by atoms with Crippen LogP contribution in [0.3, 0.4) is 0 Å². The summed E-state index contributed by atoms with van der Waals surface area (Å²) in [6.45, 7) is 3.89. The van der Waals surface area contributed by atoms with E-state index in [1.54, 1.807) is 29.4 Å². The van der Waals surface area contributed by atoms with Gasteiger partial charge in [-0.1, -0.05) is 25.0 Å². The third kappa shape index (κ3) is 3.70. The molecule has 1 aliphatic heterocycles. The van der Waals surface area contributed by atoms with Crippen LogP contribution in [0.1, 0.15) is 56.7 Å². The molecule has 0 spiro atoms. The van der Waals surface area contributed by atoms with E-state index in [1.807, 2.05) is 38.1 Å². The fraction of sp³-hybridized carbons (Fsp3) is 0.375. The van der Waals surface area contributed by atoms with Crippen molar-refractivity contribution in [1.29, 1.82) is 0 Å².